The molecule has 1 rings (SSSR count). The van der Waals surface area contributed by atoms with Crippen LogP contribution in [0.3, 0.4) is 0 Å². The molecule has 1 heterocycles. The summed E-state index contributed by atoms with van der Waals surface area (Å²) in [6, 6.07) is 0. The molecule has 1 N–H and O–H groups in total. The highest BCUT2D eigenvalue weighted by Gasteiger charge is 2.12. The molecule has 0 aliphatic carbocycles. The van der Waals surface area contributed by atoms with Gasteiger partial charge in [0, 0.05) is 38.7 Å². The molecule has 0 unspecified atom stereocenters. The quantitative estimate of drug-likeness (QED) is 0.699. The van der Waals surface area contributed by atoms with Crippen molar-refractivity contribution in [2.75, 3.05) is 39.3 Å². The van der Waals surface area contributed by atoms with E-state index >= 15 is 0 Å². The molecule has 0 fully saturated rings. The summed E-state index contributed by atoms with van der Waals surface area (Å²) in [6.07, 6.45) is 3.25. The number of hydrogen-bond acceptors (Lipinski definition) is 5. The number of ether oxygens (including phenoxy) is 1. The average Bonchev–Trinajstić information content (AvgIpc) is 2.74. The Labute approximate surface area is 114 Å². The maximum absolute atomic E-state index is 5.08. The molecule has 0 radical (unpaired) electrons. The van der Waals surface area contributed by atoms with Crippen LogP contribution in [0.15, 0.2) is 0 Å². The summed E-state index contributed by atoms with van der Waals surface area (Å²) in [4.78, 5) is 8.35. The lowest BCUT2D eigenvalue weighted by molar-refractivity contribution is 0.196. The predicted octanol–water partition coefficient (Wildman–Crippen LogP) is 2.29. The van der Waals surface area contributed by atoms with Crippen molar-refractivity contribution in [1.82, 2.24) is 10.3 Å². The lowest BCUT2D eigenvalue weighted by atomic mass is 10.2. The summed E-state index contributed by atoms with van der Waals surface area (Å²) in [6.45, 7) is 4.91. The van der Waals surface area contributed by atoms with E-state index in [-0.39, 0.29) is 0 Å². The maximum atomic E-state index is 5.08. The molecule has 1 aromatic rings. The van der Waals surface area contributed by atoms with Gasteiger partial charge < -0.3 is 15.0 Å². The Bertz CT molecular complexity index is 317. The minimum atomic E-state index is 0.806. The largest absolute Gasteiger partial charge is 0.385 e. The number of nitrogens with one attached hydrogen (secondary N) is 1. The van der Waals surface area contributed by atoms with Crippen LogP contribution in [0, 0.1) is 0 Å². The zero-order chi connectivity index (χ0) is 13.4. The Balaban J connectivity index is 2.66. The van der Waals surface area contributed by atoms with Crippen LogP contribution in [-0.4, -0.2) is 39.3 Å². The van der Waals surface area contributed by atoms with Crippen LogP contribution in [-0.2, 0) is 17.7 Å². The van der Waals surface area contributed by atoms with Crippen LogP contribution < -0.4 is 10.2 Å². The maximum Gasteiger partial charge on any atom is 0.185 e. The summed E-state index contributed by atoms with van der Waals surface area (Å²) in [7, 11) is 5.83. The van der Waals surface area contributed by atoms with E-state index in [0.29, 0.717) is 0 Å². The van der Waals surface area contributed by atoms with Gasteiger partial charge in [0.15, 0.2) is 5.13 Å². The van der Waals surface area contributed by atoms with Gasteiger partial charge in [0.2, 0.25) is 0 Å². The number of anilines is 1. The van der Waals surface area contributed by atoms with E-state index in [1.54, 1.807) is 18.4 Å². The van der Waals surface area contributed by atoms with Crippen LogP contribution in [0.1, 0.15) is 30.3 Å². The molecule has 4 nitrogen and oxygen atoms in total. The van der Waals surface area contributed by atoms with Crippen molar-refractivity contribution < 1.29 is 4.74 Å². The second kappa shape index (κ2) is 8.45. The molecule has 0 amide bonds. The lowest BCUT2D eigenvalue weighted by Gasteiger charge is -2.14. The Morgan fingerprint density at radius 2 is 2.22 bits per heavy atom. The first-order valence-electron chi connectivity index (χ1n) is 6.56. The molecule has 0 bridgehead atoms. The van der Waals surface area contributed by atoms with Crippen molar-refractivity contribution in [3.8, 4) is 0 Å². The molecule has 0 atom stereocenters. The number of hydrogen-bond donors (Lipinski definition) is 1. The summed E-state index contributed by atoms with van der Waals surface area (Å²) in [5, 5.41) is 4.34. The van der Waals surface area contributed by atoms with Gasteiger partial charge >= 0.3 is 0 Å². The summed E-state index contributed by atoms with van der Waals surface area (Å²) in [5.41, 5.74) is 1.26. The van der Waals surface area contributed by atoms with E-state index in [9.17, 15) is 0 Å². The molecule has 0 aliphatic heterocycles. The van der Waals surface area contributed by atoms with Gasteiger partial charge in [-0.1, -0.05) is 13.3 Å². The number of rotatable bonds is 9. The van der Waals surface area contributed by atoms with Gasteiger partial charge in [0.1, 0.15) is 0 Å². The van der Waals surface area contributed by atoms with Crippen molar-refractivity contribution in [3.05, 3.63) is 10.6 Å². The highest BCUT2D eigenvalue weighted by molar-refractivity contribution is 7.15. The lowest BCUT2D eigenvalue weighted by Crippen LogP contribution is -2.19. The summed E-state index contributed by atoms with van der Waals surface area (Å²) >= 11 is 1.80. The van der Waals surface area contributed by atoms with E-state index in [1.165, 1.54) is 10.6 Å². The van der Waals surface area contributed by atoms with Gasteiger partial charge in [0.05, 0.1) is 5.69 Å². The molecule has 5 heteroatoms. The summed E-state index contributed by atoms with van der Waals surface area (Å²) in [5.74, 6) is 0. The fourth-order valence-electron chi connectivity index (χ4n) is 1.81. The topological polar surface area (TPSA) is 37.4 Å². The average molecular weight is 271 g/mol. The molecular weight excluding hydrogens is 246 g/mol. The van der Waals surface area contributed by atoms with Crippen LogP contribution in [0.4, 0.5) is 5.13 Å². The van der Waals surface area contributed by atoms with Crippen LogP contribution in [0.5, 0.6) is 0 Å². The van der Waals surface area contributed by atoms with Crippen molar-refractivity contribution in [1.29, 1.82) is 0 Å². The first-order valence-corrected chi connectivity index (χ1v) is 7.37. The third kappa shape index (κ3) is 4.55. The molecule has 1 aromatic heterocycles. The second-order valence-corrected chi connectivity index (χ2v) is 5.48. The number of nitrogens with zero attached hydrogens (tertiary/aromatic N) is 2. The SMILES string of the molecule is CCCc1nc(N(C)CCCOC)sc1CNC. The highest BCUT2D eigenvalue weighted by atomic mass is 32.1. The Kier molecular flexibility index (Phi) is 7.23. The Morgan fingerprint density at radius 1 is 1.44 bits per heavy atom. The second-order valence-electron chi connectivity index (χ2n) is 4.41. The van der Waals surface area contributed by atoms with Gasteiger partial charge in [-0.3, -0.25) is 0 Å². The van der Waals surface area contributed by atoms with Gasteiger partial charge in [0.25, 0.3) is 0 Å². The minimum absolute atomic E-state index is 0.806. The van der Waals surface area contributed by atoms with Crippen molar-refractivity contribution in [2.45, 2.75) is 32.7 Å². The molecule has 0 aliphatic rings. The number of aryl methyl sites for hydroxylation is 1. The van der Waals surface area contributed by atoms with Crippen molar-refractivity contribution >= 4 is 16.5 Å². The number of thiazole rings is 1. The molecule has 0 spiro atoms. The van der Waals surface area contributed by atoms with E-state index in [1.807, 2.05) is 7.05 Å². The van der Waals surface area contributed by atoms with Gasteiger partial charge in [-0.25, -0.2) is 4.98 Å². The smallest absolute Gasteiger partial charge is 0.185 e. The Morgan fingerprint density at radius 3 is 2.83 bits per heavy atom. The zero-order valence-corrected chi connectivity index (χ0v) is 12.8. The van der Waals surface area contributed by atoms with Crippen LogP contribution in [0.25, 0.3) is 0 Å². The highest BCUT2D eigenvalue weighted by Crippen LogP contribution is 2.26. The first kappa shape index (κ1) is 15.4. The minimum Gasteiger partial charge on any atom is -0.385 e. The number of aromatic nitrogens is 1. The number of methoxy groups -OCH3 is 1. The summed E-state index contributed by atoms with van der Waals surface area (Å²) < 4.78 is 5.08. The molecule has 104 valence electrons. The van der Waals surface area contributed by atoms with Crippen molar-refractivity contribution in [3.63, 3.8) is 0 Å². The third-order valence-electron chi connectivity index (χ3n) is 2.76. The molecule has 0 saturated carbocycles. The fraction of sp³-hybridized carbons (Fsp3) is 0.769. The predicted molar refractivity (Wildman–Crippen MR) is 78.6 cm³/mol. The van der Waals surface area contributed by atoms with Gasteiger partial charge in [-0.05, 0) is 19.9 Å². The van der Waals surface area contributed by atoms with Crippen LogP contribution in [0.2, 0.25) is 0 Å². The third-order valence-corrected chi connectivity index (χ3v) is 3.97. The van der Waals surface area contributed by atoms with Gasteiger partial charge in [-0.15, -0.1) is 11.3 Å². The van der Waals surface area contributed by atoms with Crippen LogP contribution >= 0.6 is 11.3 Å². The normalized spacial score (nSPS) is 10.9. The monoisotopic (exact) mass is 271 g/mol. The zero-order valence-electron chi connectivity index (χ0n) is 12.0. The van der Waals surface area contributed by atoms with E-state index in [2.05, 4.69) is 24.2 Å². The van der Waals surface area contributed by atoms with Gasteiger partial charge in [-0.2, -0.15) is 0 Å². The fourth-order valence-corrected chi connectivity index (χ4v) is 2.91. The first-order chi connectivity index (χ1) is 8.72. The molecular formula is C13H25N3OS. The molecule has 18 heavy (non-hydrogen) atoms. The Hall–Kier alpha value is -0.650. The van der Waals surface area contributed by atoms with E-state index in [0.717, 1.165) is 44.1 Å². The molecule has 0 saturated heterocycles. The van der Waals surface area contributed by atoms with Crippen molar-refractivity contribution in [2.24, 2.45) is 0 Å². The standard InChI is InChI=1S/C13H25N3OS/c1-5-7-11-12(10-14-2)18-13(15-11)16(3)8-6-9-17-4/h14H,5-10H2,1-4H3. The van der Waals surface area contributed by atoms with E-state index < -0.39 is 0 Å². The molecule has 0 aromatic carbocycles. The van der Waals surface area contributed by atoms with E-state index in [4.69, 9.17) is 9.72 Å².